The molecule has 0 spiro atoms. The van der Waals surface area contributed by atoms with Crippen molar-refractivity contribution in [2.45, 2.75) is 37.1 Å². The van der Waals surface area contributed by atoms with Crippen LogP contribution in [0.2, 0.25) is 0 Å². The van der Waals surface area contributed by atoms with Gasteiger partial charge in [0, 0.05) is 4.90 Å². The Morgan fingerprint density at radius 3 is 3.10 bits per heavy atom. The van der Waals surface area contributed by atoms with Gasteiger partial charge in [0.15, 0.2) is 0 Å². The standard InChI is InChI=1S/C15H18N4OS/c1-10(15-16-9-17-19-15)18-14(20)8-21-13-6-5-11-3-2-4-12(11)7-13/h5-7,9-10H,2-4,8H2,1H3,(H,18,20)(H,16,17,19). The number of rotatable bonds is 5. The number of H-pyrrole nitrogens is 1. The fraction of sp³-hybridized carbons (Fsp3) is 0.400. The SMILES string of the molecule is CC(NC(=O)CSc1ccc2c(c1)CCC2)c1ncn[nH]1. The highest BCUT2D eigenvalue weighted by atomic mass is 32.2. The molecule has 1 heterocycles. The average Bonchev–Trinajstić information content (AvgIpc) is 3.15. The fourth-order valence-corrected chi connectivity index (χ4v) is 3.33. The van der Waals surface area contributed by atoms with Gasteiger partial charge in [-0.15, -0.1) is 11.8 Å². The van der Waals surface area contributed by atoms with Crippen molar-refractivity contribution in [3.63, 3.8) is 0 Å². The van der Waals surface area contributed by atoms with Crippen LogP contribution in [0.25, 0.3) is 0 Å². The van der Waals surface area contributed by atoms with E-state index in [1.165, 1.54) is 36.7 Å². The lowest BCUT2D eigenvalue weighted by Gasteiger charge is -2.11. The number of aryl methyl sites for hydroxylation is 2. The van der Waals surface area contributed by atoms with Crippen LogP contribution in [0.1, 0.15) is 36.3 Å². The van der Waals surface area contributed by atoms with E-state index in [2.05, 4.69) is 38.7 Å². The third-order valence-corrected chi connectivity index (χ3v) is 4.65. The van der Waals surface area contributed by atoms with Crippen LogP contribution in [0.15, 0.2) is 29.4 Å². The van der Waals surface area contributed by atoms with Gasteiger partial charge in [0.25, 0.3) is 0 Å². The van der Waals surface area contributed by atoms with Crippen LogP contribution < -0.4 is 5.32 Å². The summed E-state index contributed by atoms with van der Waals surface area (Å²) in [7, 11) is 0. The van der Waals surface area contributed by atoms with Gasteiger partial charge in [-0.3, -0.25) is 9.89 Å². The lowest BCUT2D eigenvalue weighted by Crippen LogP contribution is -2.28. The molecule has 2 aromatic rings. The summed E-state index contributed by atoms with van der Waals surface area (Å²) < 4.78 is 0. The zero-order valence-corrected chi connectivity index (χ0v) is 12.7. The summed E-state index contributed by atoms with van der Waals surface area (Å²) in [5, 5.41) is 9.46. The first kappa shape index (κ1) is 14.1. The Morgan fingerprint density at radius 2 is 2.29 bits per heavy atom. The summed E-state index contributed by atoms with van der Waals surface area (Å²) in [6, 6.07) is 6.38. The van der Waals surface area contributed by atoms with Crippen molar-refractivity contribution >= 4 is 17.7 Å². The van der Waals surface area contributed by atoms with Crippen molar-refractivity contribution in [1.29, 1.82) is 0 Å². The van der Waals surface area contributed by atoms with Crippen LogP contribution in [0.3, 0.4) is 0 Å². The minimum Gasteiger partial charge on any atom is -0.346 e. The Labute approximate surface area is 127 Å². The van der Waals surface area contributed by atoms with Crippen molar-refractivity contribution in [2.24, 2.45) is 0 Å². The third kappa shape index (κ3) is 3.44. The summed E-state index contributed by atoms with van der Waals surface area (Å²) >= 11 is 1.58. The van der Waals surface area contributed by atoms with Crippen LogP contribution in [-0.2, 0) is 17.6 Å². The number of aromatic nitrogens is 3. The highest BCUT2D eigenvalue weighted by molar-refractivity contribution is 8.00. The van der Waals surface area contributed by atoms with Gasteiger partial charge >= 0.3 is 0 Å². The van der Waals surface area contributed by atoms with Gasteiger partial charge in [0.2, 0.25) is 5.91 Å². The first-order valence-corrected chi connectivity index (χ1v) is 8.10. The first-order valence-electron chi connectivity index (χ1n) is 7.11. The summed E-state index contributed by atoms with van der Waals surface area (Å²) in [6.45, 7) is 1.89. The number of carbonyl (C=O) groups excluding carboxylic acids is 1. The normalized spacial score (nSPS) is 14.7. The van der Waals surface area contributed by atoms with Gasteiger partial charge in [-0.1, -0.05) is 6.07 Å². The molecule has 2 N–H and O–H groups in total. The number of amides is 1. The number of nitrogens with zero attached hydrogens (tertiary/aromatic N) is 2. The van der Waals surface area contributed by atoms with Gasteiger partial charge in [-0.05, 0) is 49.4 Å². The number of nitrogens with one attached hydrogen (secondary N) is 2. The lowest BCUT2D eigenvalue weighted by molar-refractivity contribution is -0.119. The van der Waals surface area contributed by atoms with Gasteiger partial charge < -0.3 is 5.32 Å². The topological polar surface area (TPSA) is 70.7 Å². The van der Waals surface area contributed by atoms with E-state index in [0.29, 0.717) is 11.6 Å². The fourth-order valence-electron chi connectivity index (χ4n) is 2.56. The van der Waals surface area contributed by atoms with Gasteiger partial charge in [-0.2, -0.15) is 5.10 Å². The van der Waals surface area contributed by atoms with Crippen molar-refractivity contribution in [3.05, 3.63) is 41.5 Å². The molecule has 0 saturated carbocycles. The molecule has 6 heteroatoms. The second-order valence-corrected chi connectivity index (χ2v) is 6.28. The number of hydrogen-bond donors (Lipinski definition) is 2. The van der Waals surface area contributed by atoms with Crippen LogP contribution in [0.5, 0.6) is 0 Å². The smallest absolute Gasteiger partial charge is 0.230 e. The highest BCUT2D eigenvalue weighted by Crippen LogP contribution is 2.27. The summed E-state index contributed by atoms with van der Waals surface area (Å²) in [5.41, 5.74) is 2.90. The number of benzene rings is 1. The number of thioether (sulfide) groups is 1. The summed E-state index contributed by atoms with van der Waals surface area (Å²) in [5.74, 6) is 1.09. The molecule has 1 aromatic heterocycles. The van der Waals surface area contributed by atoms with Crippen molar-refractivity contribution < 1.29 is 4.79 Å². The lowest BCUT2D eigenvalue weighted by atomic mass is 10.1. The third-order valence-electron chi connectivity index (χ3n) is 3.66. The molecule has 0 aliphatic heterocycles. The van der Waals surface area contributed by atoms with Crippen LogP contribution >= 0.6 is 11.8 Å². The van der Waals surface area contributed by atoms with Crippen molar-refractivity contribution in [3.8, 4) is 0 Å². The summed E-state index contributed by atoms with van der Waals surface area (Å²) in [6.07, 6.45) is 5.05. The quantitative estimate of drug-likeness (QED) is 0.831. The minimum absolute atomic E-state index is 0.00407. The molecule has 1 unspecified atom stereocenters. The largest absolute Gasteiger partial charge is 0.346 e. The highest BCUT2D eigenvalue weighted by Gasteiger charge is 2.14. The molecule has 1 aliphatic carbocycles. The Balaban J connectivity index is 1.52. The monoisotopic (exact) mass is 302 g/mol. The molecule has 1 amide bonds. The van der Waals surface area contributed by atoms with Gasteiger partial charge in [-0.25, -0.2) is 4.98 Å². The molecule has 110 valence electrons. The molecule has 1 aliphatic rings. The second kappa shape index (κ2) is 6.30. The van der Waals surface area contributed by atoms with E-state index < -0.39 is 0 Å². The van der Waals surface area contributed by atoms with Crippen LogP contribution in [-0.4, -0.2) is 26.8 Å². The van der Waals surface area contributed by atoms with Crippen LogP contribution in [0.4, 0.5) is 0 Å². The van der Waals surface area contributed by atoms with E-state index in [9.17, 15) is 4.79 Å². The second-order valence-electron chi connectivity index (χ2n) is 5.23. The molecule has 0 fully saturated rings. The first-order chi connectivity index (χ1) is 10.2. The van der Waals surface area contributed by atoms with Crippen LogP contribution in [0, 0.1) is 0 Å². The summed E-state index contributed by atoms with van der Waals surface area (Å²) in [4.78, 5) is 17.2. The maximum atomic E-state index is 12.0. The van der Waals surface area contributed by atoms with E-state index in [4.69, 9.17) is 0 Å². The van der Waals surface area contributed by atoms with E-state index in [0.717, 1.165) is 4.90 Å². The van der Waals surface area contributed by atoms with Crippen molar-refractivity contribution in [1.82, 2.24) is 20.5 Å². The number of hydrogen-bond acceptors (Lipinski definition) is 4. The molecule has 1 atom stereocenters. The molecular formula is C15H18N4OS. The Hall–Kier alpha value is -1.82. The molecule has 0 radical (unpaired) electrons. The maximum Gasteiger partial charge on any atom is 0.230 e. The molecule has 21 heavy (non-hydrogen) atoms. The van der Waals surface area contributed by atoms with E-state index in [1.54, 1.807) is 11.8 Å². The number of fused-ring (bicyclic) bond motifs is 1. The Bertz CT molecular complexity index is 627. The van der Waals surface area contributed by atoms with Crippen molar-refractivity contribution in [2.75, 3.05) is 5.75 Å². The Kier molecular flexibility index (Phi) is 4.24. The van der Waals surface area contributed by atoms with E-state index >= 15 is 0 Å². The number of carbonyl (C=O) groups is 1. The molecule has 0 bridgehead atoms. The average molecular weight is 302 g/mol. The predicted octanol–water partition coefficient (Wildman–Crippen LogP) is 2.26. The number of aromatic amines is 1. The zero-order valence-electron chi connectivity index (χ0n) is 11.9. The Morgan fingerprint density at radius 1 is 1.43 bits per heavy atom. The zero-order chi connectivity index (χ0) is 14.7. The van der Waals surface area contributed by atoms with E-state index in [-0.39, 0.29) is 11.9 Å². The predicted molar refractivity (Wildman–Crippen MR) is 82.1 cm³/mol. The molecule has 0 saturated heterocycles. The minimum atomic E-state index is -0.152. The van der Waals surface area contributed by atoms with Gasteiger partial charge in [0.1, 0.15) is 12.2 Å². The van der Waals surface area contributed by atoms with Gasteiger partial charge in [0.05, 0.1) is 11.8 Å². The van der Waals surface area contributed by atoms with E-state index in [1.807, 2.05) is 6.92 Å². The maximum absolute atomic E-state index is 12.0. The molecule has 1 aromatic carbocycles. The molecular weight excluding hydrogens is 284 g/mol. The molecule has 3 rings (SSSR count). The molecule has 5 nitrogen and oxygen atoms in total.